The van der Waals surface area contributed by atoms with E-state index in [1.54, 1.807) is 34.3 Å². The summed E-state index contributed by atoms with van der Waals surface area (Å²) in [6, 6.07) is 12.5. The van der Waals surface area contributed by atoms with Gasteiger partial charge in [0.25, 0.3) is 0 Å². The first kappa shape index (κ1) is 39.0. The third kappa shape index (κ3) is 9.25. The van der Waals surface area contributed by atoms with Crippen molar-refractivity contribution in [2.24, 2.45) is 5.92 Å². The fraction of sp³-hybridized carbons (Fsp3) is 0.548. The van der Waals surface area contributed by atoms with Crippen LogP contribution in [-0.2, 0) is 58.3 Å². The fourth-order valence-corrected chi connectivity index (χ4v) is 7.50. The first-order valence-corrected chi connectivity index (χ1v) is 18.2. The van der Waals surface area contributed by atoms with Gasteiger partial charge in [-0.25, -0.2) is 4.39 Å². The zero-order chi connectivity index (χ0) is 36.5. The van der Waals surface area contributed by atoms with Gasteiger partial charge >= 0.3 is 0 Å². The van der Waals surface area contributed by atoms with Gasteiger partial charge < -0.3 is 33.3 Å². The second kappa shape index (κ2) is 18.0. The van der Waals surface area contributed by atoms with Gasteiger partial charge in [-0.2, -0.15) is 0 Å². The molecule has 3 aromatic carbocycles. The number of hydrogen-bond acceptors (Lipinski definition) is 7. The standard InChI is InChI=1S/C42H56FNO7/c1-28-18-32-25-44(39(45)21-30(8-10-49-15-12-46-5)9-11-50-16-13-47-6)26-33-22-31(23-37-41(33)40(32)36(19-28)42(37,3)4)35-24-38(43)29(2)20-34(35)27-51-17-14-48-7/h18-20,22-24,30H,8-17,21,25-27H2,1-7H3. The van der Waals surface area contributed by atoms with Crippen LogP contribution < -0.4 is 0 Å². The van der Waals surface area contributed by atoms with E-state index in [9.17, 15) is 4.79 Å². The third-order valence-electron chi connectivity index (χ3n) is 10.3. The summed E-state index contributed by atoms with van der Waals surface area (Å²) >= 11 is 0. The van der Waals surface area contributed by atoms with Gasteiger partial charge in [0.2, 0.25) is 5.91 Å². The molecule has 3 aromatic rings. The van der Waals surface area contributed by atoms with Gasteiger partial charge in [0.1, 0.15) is 5.82 Å². The summed E-state index contributed by atoms with van der Waals surface area (Å²) < 4.78 is 48.3. The van der Waals surface area contributed by atoms with Gasteiger partial charge in [-0.1, -0.05) is 37.6 Å². The highest BCUT2D eigenvalue weighted by Gasteiger charge is 2.41. The van der Waals surface area contributed by atoms with Crippen LogP contribution in [-0.4, -0.2) is 85.0 Å². The maximum atomic E-state index is 15.3. The molecule has 0 saturated heterocycles. The van der Waals surface area contributed by atoms with Crippen molar-refractivity contribution in [2.45, 2.75) is 72.1 Å². The molecular weight excluding hydrogens is 649 g/mol. The van der Waals surface area contributed by atoms with Gasteiger partial charge in [0.15, 0.2) is 0 Å². The fourth-order valence-electron chi connectivity index (χ4n) is 7.50. The Hall–Kier alpha value is -3.18. The lowest BCUT2D eigenvalue weighted by Gasteiger charge is -2.28. The molecule has 0 atom stereocenters. The highest BCUT2D eigenvalue weighted by molar-refractivity contribution is 5.90. The number of benzene rings is 3. The van der Waals surface area contributed by atoms with E-state index in [-0.39, 0.29) is 23.1 Å². The summed E-state index contributed by atoms with van der Waals surface area (Å²) in [4.78, 5) is 16.4. The SMILES string of the molecule is COCCOCCC(CCOCCOC)CC(=O)N1Cc2cc(C)cc3c2-c2c(cc(-c4cc(F)c(C)cc4COCCOC)cc2C3(C)C)C1. The van der Waals surface area contributed by atoms with E-state index in [0.29, 0.717) is 84.5 Å². The van der Waals surface area contributed by atoms with Crippen LogP contribution in [0.1, 0.15) is 72.1 Å². The molecule has 0 bridgehead atoms. The van der Waals surface area contributed by atoms with Crippen molar-refractivity contribution < 1.29 is 37.6 Å². The molecule has 9 heteroatoms. The number of nitrogens with zero attached hydrogens (tertiary/aromatic N) is 1. The normalized spacial score (nSPS) is 14.3. The van der Waals surface area contributed by atoms with E-state index in [1.165, 1.54) is 33.4 Å². The molecule has 51 heavy (non-hydrogen) atoms. The van der Waals surface area contributed by atoms with Crippen LogP contribution in [0.25, 0.3) is 22.3 Å². The molecule has 278 valence electrons. The molecule has 0 unspecified atom stereocenters. The number of carbonyl (C=O) groups is 1. The largest absolute Gasteiger partial charge is 0.382 e. The molecule has 5 rings (SSSR count). The van der Waals surface area contributed by atoms with Gasteiger partial charge in [-0.3, -0.25) is 4.79 Å². The Balaban J connectivity index is 1.50. The molecule has 0 N–H and O–H groups in total. The second-order valence-electron chi connectivity index (χ2n) is 14.4. The van der Waals surface area contributed by atoms with Crippen LogP contribution in [0.4, 0.5) is 4.39 Å². The zero-order valence-electron chi connectivity index (χ0n) is 31.6. The van der Waals surface area contributed by atoms with E-state index in [2.05, 4.69) is 45.0 Å². The minimum atomic E-state index is -0.266. The minimum Gasteiger partial charge on any atom is -0.382 e. The molecule has 1 amide bonds. The highest BCUT2D eigenvalue weighted by Crippen LogP contribution is 2.54. The highest BCUT2D eigenvalue weighted by atomic mass is 19.1. The molecule has 8 nitrogen and oxygen atoms in total. The predicted molar refractivity (Wildman–Crippen MR) is 197 cm³/mol. The van der Waals surface area contributed by atoms with Gasteiger partial charge in [0.05, 0.1) is 46.2 Å². The molecule has 1 heterocycles. The summed E-state index contributed by atoms with van der Waals surface area (Å²) in [7, 11) is 4.97. The summed E-state index contributed by atoms with van der Waals surface area (Å²) in [5.41, 5.74) is 11.3. The summed E-state index contributed by atoms with van der Waals surface area (Å²) in [6.45, 7) is 14.0. The Kier molecular flexibility index (Phi) is 13.8. The first-order chi connectivity index (χ1) is 24.6. The molecule has 1 aliphatic carbocycles. The number of methoxy groups -OCH3 is 3. The number of aryl methyl sites for hydroxylation is 2. The van der Waals surface area contributed by atoms with Crippen LogP contribution in [0.5, 0.6) is 0 Å². The van der Waals surface area contributed by atoms with Crippen molar-refractivity contribution in [1.29, 1.82) is 0 Å². The third-order valence-corrected chi connectivity index (χ3v) is 10.3. The van der Waals surface area contributed by atoms with E-state index in [0.717, 1.165) is 35.1 Å². The molecule has 0 radical (unpaired) electrons. The van der Waals surface area contributed by atoms with Gasteiger partial charge in [0, 0.05) is 59.5 Å². The van der Waals surface area contributed by atoms with Crippen LogP contribution >= 0.6 is 0 Å². The van der Waals surface area contributed by atoms with Crippen LogP contribution in [0, 0.1) is 25.6 Å². The van der Waals surface area contributed by atoms with Crippen molar-refractivity contribution in [3.63, 3.8) is 0 Å². The molecule has 0 spiro atoms. The number of rotatable bonds is 20. The average Bonchev–Trinajstić information content (AvgIpc) is 3.21. The van der Waals surface area contributed by atoms with Crippen LogP contribution in [0.15, 0.2) is 36.4 Å². The monoisotopic (exact) mass is 705 g/mol. The topological polar surface area (TPSA) is 75.7 Å². The molecule has 0 fully saturated rings. The molecular formula is C42H56FNO7. The average molecular weight is 706 g/mol. The van der Waals surface area contributed by atoms with E-state index in [4.69, 9.17) is 28.4 Å². The minimum absolute atomic E-state index is 0.0998. The van der Waals surface area contributed by atoms with Crippen molar-refractivity contribution in [1.82, 2.24) is 4.90 Å². The Bertz CT molecular complexity index is 1640. The molecule has 1 aliphatic heterocycles. The van der Waals surface area contributed by atoms with Crippen molar-refractivity contribution in [2.75, 3.05) is 74.2 Å². The number of carbonyl (C=O) groups excluding carboxylic acids is 1. The Morgan fingerprint density at radius 3 is 1.92 bits per heavy atom. The number of hydrogen-bond donors (Lipinski definition) is 0. The Morgan fingerprint density at radius 1 is 0.745 bits per heavy atom. The second-order valence-corrected chi connectivity index (χ2v) is 14.4. The van der Waals surface area contributed by atoms with Gasteiger partial charge in [-0.05, 0) is 106 Å². The maximum Gasteiger partial charge on any atom is 0.223 e. The molecule has 0 aromatic heterocycles. The smallest absolute Gasteiger partial charge is 0.223 e. The van der Waals surface area contributed by atoms with Crippen LogP contribution in [0.3, 0.4) is 0 Å². The van der Waals surface area contributed by atoms with Crippen LogP contribution in [0.2, 0.25) is 0 Å². The van der Waals surface area contributed by atoms with E-state index < -0.39 is 0 Å². The summed E-state index contributed by atoms with van der Waals surface area (Å²) in [5.74, 6) is -0.0449. The number of halogens is 1. The number of amides is 1. The lowest BCUT2D eigenvalue weighted by atomic mass is 9.80. The first-order valence-electron chi connectivity index (χ1n) is 18.2. The van der Waals surface area contributed by atoms with Crippen molar-refractivity contribution in [3.8, 4) is 22.3 Å². The van der Waals surface area contributed by atoms with Crippen molar-refractivity contribution in [3.05, 3.63) is 81.2 Å². The summed E-state index contributed by atoms with van der Waals surface area (Å²) in [6.07, 6.45) is 1.91. The van der Waals surface area contributed by atoms with Crippen molar-refractivity contribution >= 4 is 5.91 Å². The van der Waals surface area contributed by atoms with Gasteiger partial charge in [-0.15, -0.1) is 0 Å². The van der Waals surface area contributed by atoms with E-state index in [1.807, 2.05) is 11.0 Å². The number of ether oxygens (including phenoxy) is 6. The lowest BCUT2D eigenvalue weighted by Crippen LogP contribution is -2.32. The lowest BCUT2D eigenvalue weighted by molar-refractivity contribution is -0.133. The maximum absolute atomic E-state index is 15.3. The summed E-state index contributed by atoms with van der Waals surface area (Å²) in [5, 5.41) is 0. The Morgan fingerprint density at radius 2 is 1.31 bits per heavy atom. The molecule has 0 saturated carbocycles. The predicted octanol–water partition coefficient (Wildman–Crippen LogP) is 7.53. The Labute approximate surface area is 303 Å². The molecule has 2 aliphatic rings. The zero-order valence-corrected chi connectivity index (χ0v) is 31.6. The quantitative estimate of drug-likeness (QED) is 0.113. The van der Waals surface area contributed by atoms with E-state index >= 15 is 4.39 Å².